The minimum Gasteiger partial charge on any atom is -0.383 e. The van der Waals surface area contributed by atoms with Crippen molar-refractivity contribution < 1.29 is 9.13 Å². The number of nitriles is 1. The molecule has 0 saturated heterocycles. The Morgan fingerprint density at radius 1 is 1.61 bits per heavy atom. The van der Waals surface area contributed by atoms with Crippen LogP contribution >= 0.6 is 0 Å². The maximum absolute atomic E-state index is 13.4. The number of halogens is 1. The lowest BCUT2D eigenvalue weighted by atomic mass is 10.1. The molecule has 6 heteroatoms. The molecular formula is C12H15FN4O. The third kappa shape index (κ3) is 4.39. The maximum Gasteiger partial charge on any atom is 0.189 e. The van der Waals surface area contributed by atoms with Crippen LogP contribution in [0.25, 0.3) is 0 Å². The minimum atomic E-state index is -0.401. The molecule has 0 bridgehead atoms. The average molecular weight is 250 g/mol. The summed E-state index contributed by atoms with van der Waals surface area (Å²) in [6.45, 7) is 1.13. The number of nitrogens with two attached hydrogens (primary N) is 1. The summed E-state index contributed by atoms with van der Waals surface area (Å²) < 4.78 is 18.2. The number of ether oxygens (including phenoxy) is 1. The molecule has 0 aromatic heterocycles. The summed E-state index contributed by atoms with van der Waals surface area (Å²) in [5.41, 5.74) is 6.31. The van der Waals surface area contributed by atoms with Crippen LogP contribution in [0.4, 0.5) is 4.39 Å². The van der Waals surface area contributed by atoms with Crippen LogP contribution in [0, 0.1) is 17.1 Å². The van der Waals surface area contributed by atoms with Crippen LogP contribution < -0.4 is 11.1 Å². The lowest BCUT2D eigenvalue weighted by Gasteiger charge is -2.05. The van der Waals surface area contributed by atoms with Crippen molar-refractivity contribution >= 4 is 5.96 Å². The van der Waals surface area contributed by atoms with Gasteiger partial charge >= 0.3 is 0 Å². The summed E-state index contributed by atoms with van der Waals surface area (Å²) in [6.07, 6.45) is 0. The molecule has 0 radical (unpaired) electrons. The number of rotatable bonds is 5. The summed E-state index contributed by atoms with van der Waals surface area (Å²) in [6, 6.07) is 6.07. The van der Waals surface area contributed by atoms with E-state index in [2.05, 4.69) is 10.3 Å². The monoisotopic (exact) mass is 250 g/mol. The highest BCUT2D eigenvalue weighted by Gasteiger charge is 2.03. The van der Waals surface area contributed by atoms with E-state index < -0.39 is 5.82 Å². The average Bonchev–Trinajstić information content (AvgIpc) is 2.38. The van der Waals surface area contributed by atoms with Gasteiger partial charge in [0.1, 0.15) is 5.82 Å². The van der Waals surface area contributed by atoms with Crippen molar-refractivity contribution in [3.63, 3.8) is 0 Å². The van der Waals surface area contributed by atoms with Gasteiger partial charge in [0.2, 0.25) is 0 Å². The molecule has 5 nitrogen and oxygen atoms in total. The lowest BCUT2D eigenvalue weighted by molar-refractivity contribution is 0.204. The molecule has 3 N–H and O–H groups in total. The summed E-state index contributed by atoms with van der Waals surface area (Å²) in [7, 11) is 1.58. The number of hydrogen-bond donors (Lipinski definition) is 2. The third-order valence-electron chi connectivity index (χ3n) is 2.21. The molecule has 0 amide bonds. The Morgan fingerprint density at radius 2 is 2.39 bits per heavy atom. The molecule has 0 spiro atoms. The van der Waals surface area contributed by atoms with Gasteiger partial charge < -0.3 is 15.8 Å². The standard InChI is InChI=1S/C12H15FN4O/c1-18-5-4-16-12(15)17-8-10-6-9(7-14)2-3-11(10)13/h2-3,6H,4-5,8H2,1H3,(H3,15,16,17). The molecule has 0 aliphatic carbocycles. The number of guanidine groups is 1. The van der Waals surface area contributed by atoms with Crippen LogP contribution in [0.3, 0.4) is 0 Å². The van der Waals surface area contributed by atoms with Crippen LogP contribution in [0.5, 0.6) is 0 Å². The van der Waals surface area contributed by atoms with E-state index >= 15 is 0 Å². The molecule has 0 aliphatic heterocycles. The fraction of sp³-hybridized carbons (Fsp3) is 0.333. The summed E-state index contributed by atoms with van der Waals surface area (Å²) in [4.78, 5) is 3.98. The molecule has 1 rings (SSSR count). The Hall–Kier alpha value is -2.13. The van der Waals surface area contributed by atoms with Gasteiger partial charge in [-0.2, -0.15) is 5.26 Å². The van der Waals surface area contributed by atoms with E-state index in [-0.39, 0.29) is 12.5 Å². The molecule has 1 aromatic rings. The number of benzene rings is 1. The van der Waals surface area contributed by atoms with Gasteiger partial charge in [0, 0.05) is 19.2 Å². The van der Waals surface area contributed by atoms with E-state index in [9.17, 15) is 4.39 Å². The highest BCUT2D eigenvalue weighted by Crippen LogP contribution is 2.10. The van der Waals surface area contributed by atoms with E-state index in [1.165, 1.54) is 18.2 Å². The lowest BCUT2D eigenvalue weighted by Crippen LogP contribution is -2.34. The van der Waals surface area contributed by atoms with Crippen molar-refractivity contribution in [2.45, 2.75) is 6.54 Å². The predicted molar refractivity (Wildman–Crippen MR) is 66.3 cm³/mol. The Labute approximate surface area is 105 Å². The normalized spacial score (nSPS) is 11.1. The number of nitrogens with zero attached hydrogens (tertiary/aromatic N) is 2. The van der Waals surface area contributed by atoms with Crippen LogP contribution in [0.1, 0.15) is 11.1 Å². The third-order valence-corrected chi connectivity index (χ3v) is 2.21. The number of methoxy groups -OCH3 is 1. The van der Waals surface area contributed by atoms with Crippen molar-refractivity contribution in [1.82, 2.24) is 5.32 Å². The molecule has 0 unspecified atom stereocenters. The predicted octanol–water partition coefficient (Wildman–Crippen LogP) is 0.748. The van der Waals surface area contributed by atoms with Gasteiger partial charge in [-0.1, -0.05) is 0 Å². The van der Waals surface area contributed by atoms with Gasteiger partial charge in [0.05, 0.1) is 24.8 Å². The largest absolute Gasteiger partial charge is 0.383 e. The van der Waals surface area contributed by atoms with E-state index in [1.54, 1.807) is 7.11 Å². The molecule has 0 heterocycles. The zero-order valence-corrected chi connectivity index (χ0v) is 10.1. The SMILES string of the molecule is COCCNC(N)=NCc1cc(C#N)ccc1F. The van der Waals surface area contributed by atoms with E-state index in [0.717, 1.165) is 0 Å². The molecule has 0 fully saturated rings. The van der Waals surface area contributed by atoms with E-state index in [1.807, 2.05) is 6.07 Å². The van der Waals surface area contributed by atoms with Gasteiger partial charge in [-0.25, -0.2) is 9.38 Å². The Kier molecular flexibility index (Phi) is 5.61. The fourth-order valence-corrected chi connectivity index (χ4v) is 1.27. The highest BCUT2D eigenvalue weighted by atomic mass is 19.1. The van der Waals surface area contributed by atoms with Gasteiger partial charge in [0.15, 0.2) is 5.96 Å². The van der Waals surface area contributed by atoms with Gasteiger partial charge in [-0.05, 0) is 18.2 Å². The van der Waals surface area contributed by atoms with Crippen molar-refractivity contribution in [3.8, 4) is 6.07 Å². The zero-order valence-electron chi connectivity index (χ0n) is 10.1. The topological polar surface area (TPSA) is 83.4 Å². The minimum absolute atomic E-state index is 0.0904. The summed E-state index contributed by atoms with van der Waals surface area (Å²) in [5.74, 6) is -0.184. The first-order chi connectivity index (χ1) is 8.67. The Balaban J connectivity index is 2.62. The number of nitrogens with one attached hydrogen (secondary N) is 1. The Morgan fingerprint density at radius 3 is 3.06 bits per heavy atom. The molecule has 0 atom stereocenters. The highest BCUT2D eigenvalue weighted by molar-refractivity contribution is 5.77. The summed E-state index contributed by atoms with van der Waals surface area (Å²) in [5, 5.41) is 11.5. The quantitative estimate of drug-likeness (QED) is 0.459. The van der Waals surface area contributed by atoms with E-state index in [0.29, 0.717) is 24.3 Å². The van der Waals surface area contributed by atoms with Gasteiger partial charge in [0.25, 0.3) is 0 Å². The second-order valence-electron chi connectivity index (χ2n) is 3.54. The first-order valence-electron chi connectivity index (χ1n) is 5.38. The van der Waals surface area contributed by atoms with Crippen molar-refractivity contribution in [2.75, 3.05) is 20.3 Å². The first kappa shape index (κ1) is 13.9. The fourth-order valence-electron chi connectivity index (χ4n) is 1.27. The molecule has 18 heavy (non-hydrogen) atoms. The second-order valence-corrected chi connectivity index (χ2v) is 3.54. The van der Waals surface area contributed by atoms with Crippen LogP contribution in [-0.4, -0.2) is 26.2 Å². The summed E-state index contributed by atoms with van der Waals surface area (Å²) >= 11 is 0. The number of aliphatic imine (C=N–C) groups is 1. The molecule has 0 saturated carbocycles. The zero-order chi connectivity index (χ0) is 13.4. The smallest absolute Gasteiger partial charge is 0.189 e. The maximum atomic E-state index is 13.4. The van der Waals surface area contributed by atoms with Crippen LogP contribution in [-0.2, 0) is 11.3 Å². The first-order valence-corrected chi connectivity index (χ1v) is 5.38. The number of hydrogen-bond acceptors (Lipinski definition) is 3. The molecule has 0 aliphatic rings. The molecule has 96 valence electrons. The Bertz CT molecular complexity index is 468. The van der Waals surface area contributed by atoms with E-state index in [4.69, 9.17) is 15.7 Å². The molecule has 1 aromatic carbocycles. The van der Waals surface area contributed by atoms with Crippen molar-refractivity contribution in [3.05, 3.63) is 35.1 Å². The molecular weight excluding hydrogens is 235 g/mol. The van der Waals surface area contributed by atoms with Crippen molar-refractivity contribution in [1.29, 1.82) is 5.26 Å². The van der Waals surface area contributed by atoms with Gasteiger partial charge in [-0.3, -0.25) is 0 Å². The van der Waals surface area contributed by atoms with Crippen molar-refractivity contribution in [2.24, 2.45) is 10.7 Å². The second kappa shape index (κ2) is 7.25. The van der Waals surface area contributed by atoms with Crippen LogP contribution in [0.15, 0.2) is 23.2 Å². The van der Waals surface area contributed by atoms with Gasteiger partial charge in [-0.15, -0.1) is 0 Å². The van der Waals surface area contributed by atoms with Crippen LogP contribution in [0.2, 0.25) is 0 Å².